The summed E-state index contributed by atoms with van der Waals surface area (Å²) in [5.74, 6) is 0.858. The molecule has 1 aliphatic rings. The van der Waals surface area contributed by atoms with Gasteiger partial charge in [-0.1, -0.05) is 24.2 Å². The van der Waals surface area contributed by atoms with Crippen molar-refractivity contribution in [2.45, 2.75) is 42.2 Å². The van der Waals surface area contributed by atoms with Crippen LogP contribution in [0.2, 0.25) is 0 Å². The fourth-order valence-electron chi connectivity index (χ4n) is 2.97. The van der Waals surface area contributed by atoms with E-state index < -0.39 is 10.0 Å². The molecule has 1 aliphatic heterocycles. The zero-order valence-corrected chi connectivity index (χ0v) is 18.6. The molecule has 0 bridgehead atoms. The molecule has 0 atom stereocenters. The Hall–Kier alpha value is -2.47. The number of carbonyl (C=O) groups is 1. The normalized spacial score (nSPS) is 16.5. The molecule has 0 unspecified atom stereocenters. The van der Waals surface area contributed by atoms with Crippen LogP contribution in [-0.2, 0) is 21.9 Å². The van der Waals surface area contributed by atoms with Crippen LogP contribution in [0.25, 0.3) is 0 Å². The number of hydrogen-bond donors (Lipinski definition) is 1. The number of sulfonamides is 1. The molecule has 30 heavy (non-hydrogen) atoms. The molecule has 2 aromatic rings. The number of hydrogen-bond acceptors (Lipinski definition) is 7. The van der Waals surface area contributed by atoms with Crippen molar-refractivity contribution in [2.24, 2.45) is 11.4 Å². The Bertz CT molecular complexity index is 1020. The minimum absolute atomic E-state index is 0.0602. The third kappa shape index (κ3) is 6.02. The van der Waals surface area contributed by atoms with Crippen LogP contribution in [0.1, 0.15) is 32.1 Å². The quantitative estimate of drug-likeness (QED) is 0.634. The molecule has 1 aromatic heterocycles. The summed E-state index contributed by atoms with van der Waals surface area (Å²) in [4.78, 5) is 14.2. The van der Waals surface area contributed by atoms with E-state index in [0.29, 0.717) is 28.9 Å². The number of rotatable bonds is 7. The molecule has 1 N–H and O–H groups in total. The summed E-state index contributed by atoms with van der Waals surface area (Å²) in [6, 6.07) is 6.18. The second-order valence-corrected chi connectivity index (χ2v) is 9.64. The van der Waals surface area contributed by atoms with Crippen LogP contribution in [0.5, 0.6) is 0 Å². The summed E-state index contributed by atoms with van der Waals surface area (Å²) in [7, 11) is -0.260. The first-order valence-corrected chi connectivity index (χ1v) is 12.1. The Kier molecular flexibility index (Phi) is 7.43. The van der Waals surface area contributed by atoms with Crippen molar-refractivity contribution in [3.63, 3.8) is 0 Å². The Labute approximate surface area is 180 Å². The number of nitrogens with zero attached hydrogens (tertiary/aromatic N) is 6. The Morgan fingerprint density at radius 1 is 1.27 bits per heavy atom. The number of aromatic nitrogens is 4. The molecule has 10 nitrogen and oxygen atoms in total. The van der Waals surface area contributed by atoms with Gasteiger partial charge in [-0.3, -0.25) is 4.79 Å². The topological polar surface area (TPSA) is 122 Å². The molecule has 3 rings (SSSR count). The van der Waals surface area contributed by atoms with Crippen LogP contribution in [0, 0.1) is 0 Å². The summed E-state index contributed by atoms with van der Waals surface area (Å²) in [5, 5.41) is 14.5. The van der Waals surface area contributed by atoms with E-state index in [1.165, 1.54) is 28.6 Å². The van der Waals surface area contributed by atoms with E-state index in [2.05, 4.69) is 25.2 Å². The van der Waals surface area contributed by atoms with Crippen LogP contribution in [0.15, 0.2) is 38.7 Å². The lowest BCUT2D eigenvalue weighted by Gasteiger charge is -2.17. The summed E-state index contributed by atoms with van der Waals surface area (Å²) in [5.41, 5.74) is 0.417. The van der Waals surface area contributed by atoms with Crippen LogP contribution in [-0.4, -0.2) is 64.6 Å². The number of likely N-dealkylation sites (tertiary alicyclic amines) is 1. The molecule has 0 radical (unpaired) electrons. The molecular weight excluding hydrogens is 426 g/mol. The lowest BCUT2D eigenvalue weighted by molar-refractivity contribution is -0.115. The molecule has 2 heterocycles. The molecule has 0 spiro atoms. The van der Waals surface area contributed by atoms with Crippen LogP contribution in [0.3, 0.4) is 0 Å². The predicted molar refractivity (Wildman–Crippen MR) is 115 cm³/mol. The zero-order valence-electron chi connectivity index (χ0n) is 17.0. The molecule has 1 saturated heterocycles. The van der Waals surface area contributed by atoms with Crippen molar-refractivity contribution in [1.29, 1.82) is 0 Å². The Morgan fingerprint density at radius 3 is 2.87 bits per heavy atom. The van der Waals surface area contributed by atoms with Gasteiger partial charge < -0.3 is 10.2 Å². The maximum atomic E-state index is 12.8. The number of amides is 1. The van der Waals surface area contributed by atoms with Crippen molar-refractivity contribution in [2.75, 3.05) is 24.7 Å². The van der Waals surface area contributed by atoms with E-state index in [1.807, 2.05) is 11.9 Å². The van der Waals surface area contributed by atoms with Gasteiger partial charge in [-0.15, -0.1) is 9.50 Å². The van der Waals surface area contributed by atoms with Crippen molar-refractivity contribution in [3.05, 3.63) is 24.3 Å². The average molecular weight is 452 g/mol. The number of aryl methyl sites for hydroxylation is 1. The number of nitrogens with one attached hydrogen (secondary N) is 1. The van der Waals surface area contributed by atoms with E-state index in [-0.39, 0.29) is 17.2 Å². The molecule has 1 aromatic carbocycles. The number of amidine groups is 1. The standard InChI is InChI=1S/C18H25N7O3S2/c1-24-11-5-3-4-9-16(24)21-30(27,28)15-8-6-7-14(13-15)19-17(26)10-12-29-18-20-22-23-25(18)2/h6-8,13H,3-5,9-12H2,1-2H3,(H,19,26). The molecule has 12 heteroatoms. The third-order valence-corrected chi connectivity index (χ3v) is 6.93. The molecular formula is C18H25N7O3S2. The first kappa shape index (κ1) is 22.2. The van der Waals surface area contributed by atoms with Crippen molar-refractivity contribution in [3.8, 4) is 0 Å². The highest BCUT2D eigenvalue weighted by atomic mass is 32.2. The van der Waals surface area contributed by atoms with Gasteiger partial charge in [-0.05, 0) is 41.5 Å². The van der Waals surface area contributed by atoms with Gasteiger partial charge in [-0.25, -0.2) is 4.68 Å². The van der Waals surface area contributed by atoms with E-state index in [1.54, 1.807) is 19.2 Å². The first-order chi connectivity index (χ1) is 14.3. The van der Waals surface area contributed by atoms with Crippen molar-refractivity contribution >= 4 is 39.2 Å². The van der Waals surface area contributed by atoms with Crippen LogP contribution in [0.4, 0.5) is 5.69 Å². The van der Waals surface area contributed by atoms with Crippen molar-refractivity contribution < 1.29 is 13.2 Å². The Balaban J connectivity index is 1.63. The minimum atomic E-state index is -3.85. The Morgan fingerprint density at radius 2 is 2.10 bits per heavy atom. The number of carbonyl (C=O) groups excluding carboxylic acids is 1. The second-order valence-electron chi connectivity index (χ2n) is 6.97. The third-order valence-electron chi connectivity index (χ3n) is 4.62. The maximum absolute atomic E-state index is 12.8. The fraction of sp³-hybridized carbons (Fsp3) is 0.500. The highest BCUT2D eigenvalue weighted by Gasteiger charge is 2.19. The van der Waals surface area contributed by atoms with Gasteiger partial charge in [0.1, 0.15) is 5.84 Å². The SMILES string of the molecule is CN1CCCCCC1=NS(=O)(=O)c1cccc(NC(=O)CCSc2nnnn2C)c1. The van der Waals surface area contributed by atoms with Crippen LogP contribution >= 0.6 is 11.8 Å². The van der Waals surface area contributed by atoms with Gasteiger partial charge in [0.15, 0.2) is 0 Å². The van der Waals surface area contributed by atoms with Crippen LogP contribution < -0.4 is 5.32 Å². The predicted octanol–water partition coefficient (Wildman–Crippen LogP) is 1.92. The summed E-state index contributed by atoms with van der Waals surface area (Å²) >= 11 is 1.37. The van der Waals surface area contributed by atoms with E-state index in [0.717, 1.165) is 25.8 Å². The highest BCUT2D eigenvalue weighted by molar-refractivity contribution is 7.99. The van der Waals surface area contributed by atoms with Gasteiger partial charge in [0.05, 0.1) is 4.90 Å². The molecule has 162 valence electrons. The van der Waals surface area contributed by atoms with Gasteiger partial charge in [0, 0.05) is 44.9 Å². The van der Waals surface area contributed by atoms with Gasteiger partial charge in [-0.2, -0.15) is 8.42 Å². The number of tetrazole rings is 1. The number of thioether (sulfide) groups is 1. The smallest absolute Gasteiger partial charge is 0.284 e. The minimum Gasteiger partial charge on any atom is -0.362 e. The largest absolute Gasteiger partial charge is 0.362 e. The summed E-state index contributed by atoms with van der Waals surface area (Å²) in [6.07, 6.45) is 3.91. The molecule has 1 amide bonds. The molecule has 0 saturated carbocycles. The summed E-state index contributed by atoms with van der Waals surface area (Å²) < 4.78 is 31.2. The zero-order chi connectivity index (χ0) is 21.6. The average Bonchev–Trinajstić information content (AvgIpc) is 3.00. The number of benzene rings is 1. The van der Waals surface area contributed by atoms with Gasteiger partial charge >= 0.3 is 0 Å². The second kappa shape index (κ2) is 10.0. The maximum Gasteiger partial charge on any atom is 0.284 e. The van der Waals surface area contributed by atoms with Gasteiger partial charge in [0.25, 0.3) is 10.0 Å². The molecule has 0 aliphatic carbocycles. The lowest BCUT2D eigenvalue weighted by atomic mass is 10.2. The van der Waals surface area contributed by atoms with Crippen molar-refractivity contribution in [1.82, 2.24) is 25.1 Å². The fourth-order valence-corrected chi connectivity index (χ4v) is 4.90. The van der Waals surface area contributed by atoms with E-state index >= 15 is 0 Å². The number of anilines is 1. The van der Waals surface area contributed by atoms with Gasteiger partial charge in [0.2, 0.25) is 11.1 Å². The molecule has 1 fully saturated rings. The first-order valence-electron chi connectivity index (χ1n) is 9.65. The van der Waals surface area contributed by atoms with E-state index in [9.17, 15) is 13.2 Å². The van der Waals surface area contributed by atoms with E-state index in [4.69, 9.17) is 0 Å². The monoisotopic (exact) mass is 451 g/mol. The lowest BCUT2D eigenvalue weighted by Crippen LogP contribution is -2.26. The summed E-state index contributed by atoms with van der Waals surface area (Å²) in [6.45, 7) is 0.798. The highest BCUT2D eigenvalue weighted by Crippen LogP contribution is 2.21.